The Morgan fingerprint density at radius 2 is 1.61 bits per heavy atom. The molecule has 0 fully saturated rings. The van der Waals surface area contributed by atoms with Crippen LogP contribution in [-0.4, -0.2) is 47.1 Å². The molecule has 11 nitrogen and oxygen atoms in total. The van der Waals surface area contributed by atoms with Gasteiger partial charge in [0.05, 0.1) is 42.5 Å². The van der Waals surface area contributed by atoms with Gasteiger partial charge in [0.2, 0.25) is 5.91 Å². The third-order valence-corrected chi connectivity index (χ3v) is 6.99. The molecule has 0 aliphatic heterocycles. The molecule has 0 unspecified atom stereocenters. The maximum atomic E-state index is 13.7. The summed E-state index contributed by atoms with van der Waals surface area (Å²) in [5.74, 6) is -0.00823. The van der Waals surface area contributed by atoms with Crippen molar-refractivity contribution in [1.82, 2.24) is 0 Å². The first-order valence-electron chi connectivity index (χ1n) is 10.5. The summed E-state index contributed by atoms with van der Waals surface area (Å²) in [7, 11) is -0.0774. The van der Waals surface area contributed by atoms with Crippen LogP contribution in [0.1, 0.15) is 5.56 Å². The number of nitro groups is 1. The first kappa shape index (κ1) is 26.3. The summed E-state index contributed by atoms with van der Waals surface area (Å²) in [6.45, 7) is 1.16. The summed E-state index contributed by atoms with van der Waals surface area (Å²) in [4.78, 5) is 23.6. The summed E-state index contributed by atoms with van der Waals surface area (Å²) in [5, 5.41) is 13.7. The maximum Gasteiger partial charge on any atom is 0.271 e. The van der Waals surface area contributed by atoms with Gasteiger partial charge in [-0.1, -0.05) is 17.7 Å². The molecule has 36 heavy (non-hydrogen) atoms. The number of hydrogen-bond donors (Lipinski definition) is 1. The second-order valence-corrected chi connectivity index (χ2v) is 9.41. The number of amides is 1. The lowest BCUT2D eigenvalue weighted by Crippen LogP contribution is -2.38. The normalized spacial score (nSPS) is 10.9. The van der Waals surface area contributed by atoms with Crippen LogP contribution in [0.25, 0.3) is 0 Å². The largest absolute Gasteiger partial charge is 0.497 e. The summed E-state index contributed by atoms with van der Waals surface area (Å²) in [5.41, 5.74) is 0.705. The lowest BCUT2D eigenvalue weighted by atomic mass is 10.2. The zero-order valence-electron chi connectivity index (χ0n) is 20.0. The van der Waals surface area contributed by atoms with E-state index < -0.39 is 27.4 Å². The van der Waals surface area contributed by atoms with Crippen LogP contribution >= 0.6 is 0 Å². The first-order valence-corrected chi connectivity index (χ1v) is 12.0. The third-order valence-electron chi connectivity index (χ3n) is 5.22. The number of benzene rings is 3. The molecule has 0 aromatic heterocycles. The molecule has 3 rings (SSSR count). The van der Waals surface area contributed by atoms with Crippen molar-refractivity contribution in [2.45, 2.75) is 11.8 Å². The van der Waals surface area contributed by atoms with Gasteiger partial charge < -0.3 is 19.5 Å². The van der Waals surface area contributed by atoms with Gasteiger partial charge in [-0.2, -0.15) is 0 Å². The van der Waals surface area contributed by atoms with Crippen LogP contribution in [-0.2, 0) is 14.8 Å². The minimum absolute atomic E-state index is 0.0195. The first-order chi connectivity index (χ1) is 17.1. The van der Waals surface area contributed by atoms with Crippen LogP contribution in [0.15, 0.2) is 65.6 Å². The monoisotopic (exact) mass is 515 g/mol. The number of sulfonamides is 1. The number of rotatable bonds is 10. The summed E-state index contributed by atoms with van der Waals surface area (Å²) in [6.07, 6.45) is 0. The van der Waals surface area contributed by atoms with E-state index in [-0.39, 0.29) is 33.5 Å². The van der Waals surface area contributed by atoms with Gasteiger partial charge in [0.1, 0.15) is 23.8 Å². The van der Waals surface area contributed by atoms with E-state index in [1.807, 2.05) is 6.92 Å². The second-order valence-electron chi connectivity index (χ2n) is 7.55. The summed E-state index contributed by atoms with van der Waals surface area (Å²) >= 11 is 0. The maximum absolute atomic E-state index is 13.7. The number of nitro benzene ring substituents is 1. The SMILES string of the molecule is COc1ccc(N(CC(=O)Nc2cc([N+](=O)[O-])ccc2OC)S(=O)(=O)c2ccc(C)cc2)c(OC)c1. The molecular formula is C24H25N3O8S. The fourth-order valence-electron chi connectivity index (χ4n) is 3.36. The number of ether oxygens (including phenoxy) is 3. The number of nitrogens with zero attached hydrogens (tertiary/aromatic N) is 2. The zero-order valence-corrected chi connectivity index (χ0v) is 20.9. The van der Waals surface area contributed by atoms with Crippen LogP contribution in [0, 0.1) is 17.0 Å². The average molecular weight is 516 g/mol. The molecule has 0 radical (unpaired) electrons. The quantitative estimate of drug-likeness (QED) is 0.318. The molecule has 190 valence electrons. The number of aryl methyl sites for hydroxylation is 1. The molecular weight excluding hydrogens is 490 g/mol. The Labute approximate surface area is 208 Å². The van der Waals surface area contributed by atoms with Gasteiger partial charge in [0.15, 0.2) is 0 Å². The number of hydrogen-bond acceptors (Lipinski definition) is 8. The van der Waals surface area contributed by atoms with Gasteiger partial charge in [0.25, 0.3) is 15.7 Å². The molecule has 0 heterocycles. The predicted molar refractivity (Wildman–Crippen MR) is 134 cm³/mol. The Kier molecular flexibility index (Phi) is 8.00. The van der Waals surface area contributed by atoms with E-state index in [0.29, 0.717) is 5.75 Å². The number of non-ortho nitro benzene ring substituents is 1. The Balaban J connectivity index is 2.05. The highest BCUT2D eigenvalue weighted by Crippen LogP contribution is 2.36. The van der Waals surface area contributed by atoms with Crippen LogP contribution < -0.4 is 23.8 Å². The van der Waals surface area contributed by atoms with Crippen LogP contribution in [0.4, 0.5) is 17.1 Å². The van der Waals surface area contributed by atoms with Gasteiger partial charge in [-0.15, -0.1) is 0 Å². The predicted octanol–water partition coefficient (Wildman–Crippen LogP) is 3.76. The molecule has 0 aliphatic carbocycles. The Morgan fingerprint density at radius 3 is 2.19 bits per heavy atom. The Bertz CT molecular complexity index is 1370. The molecule has 3 aromatic carbocycles. The average Bonchev–Trinajstić information content (AvgIpc) is 2.87. The molecule has 3 aromatic rings. The fourth-order valence-corrected chi connectivity index (χ4v) is 4.79. The van der Waals surface area contributed by atoms with E-state index >= 15 is 0 Å². The minimum atomic E-state index is -4.24. The van der Waals surface area contributed by atoms with Crippen LogP contribution in [0.2, 0.25) is 0 Å². The van der Waals surface area contributed by atoms with Gasteiger partial charge in [-0.3, -0.25) is 19.2 Å². The van der Waals surface area contributed by atoms with Crippen LogP contribution in [0.3, 0.4) is 0 Å². The fraction of sp³-hybridized carbons (Fsp3) is 0.208. The van der Waals surface area contributed by atoms with E-state index in [1.54, 1.807) is 12.1 Å². The molecule has 12 heteroatoms. The van der Waals surface area contributed by atoms with Crippen molar-refractivity contribution >= 4 is 33.0 Å². The van der Waals surface area contributed by atoms with E-state index in [9.17, 15) is 23.3 Å². The number of carbonyl (C=O) groups is 1. The topological polar surface area (TPSA) is 137 Å². The Morgan fingerprint density at radius 1 is 0.944 bits per heavy atom. The van der Waals surface area contributed by atoms with Gasteiger partial charge in [0, 0.05) is 18.2 Å². The zero-order chi connectivity index (χ0) is 26.5. The van der Waals surface area contributed by atoms with Crippen molar-refractivity contribution < 1.29 is 32.3 Å². The molecule has 1 amide bonds. The molecule has 0 bridgehead atoms. The summed E-state index contributed by atoms with van der Waals surface area (Å²) < 4.78 is 44.0. The third kappa shape index (κ3) is 5.66. The standard InChI is InChI=1S/C24H25N3O8S/c1-16-5-9-19(10-6-16)36(31,32)26(21-11-8-18(33-2)14-23(21)35-4)15-24(28)25-20-13-17(27(29)30)7-12-22(20)34-3/h5-14H,15H2,1-4H3,(H,25,28). The summed E-state index contributed by atoms with van der Waals surface area (Å²) in [6, 6.07) is 14.4. The smallest absolute Gasteiger partial charge is 0.271 e. The molecule has 0 aliphatic rings. The molecule has 0 spiro atoms. The second kappa shape index (κ2) is 11.0. The highest BCUT2D eigenvalue weighted by Gasteiger charge is 2.30. The highest BCUT2D eigenvalue weighted by molar-refractivity contribution is 7.92. The van der Waals surface area contributed by atoms with Gasteiger partial charge in [-0.05, 0) is 37.3 Å². The number of anilines is 2. The van der Waals surface area contributed by atoms with Crippen molar-refractivity contribution in [3.8, 4) is 17.2 Å². The van der Waals surface area contributed by atoms with Crippen molar-refractivity contribution in [2.24, 2.45) is 0 Å². The molecule has 0 saturated carbocycles. The van der Waals surface area contributed by atoms with Crippen molar-refractivity contribution in [3.05, 3.63) is 76.3 Å². The van der Waals surface area contributed by atoms with Crippen molar-refractivity contribution in [1.29, 1.82) is 0 Å². The van der Waals surface area contributed by atoms with Gasteiger partial charge >= 0.3 is 0 Å². The highest BCUT2D eigenvalue weighted by atomic mass is 32.2. The lowest BCUT2D eigenvalue weighted by Gasteiger charge is -2.26. The van der Waals surface area contributed by atoms with E-state index in [0.717, 1.165) is 15.9 Å². The Hall–Kier alpha value is -4.32. The van der Waals surface area contributed by atoms with E-state index in [1.165, 1.54) is 63.8 Å². The minimum Gasteiger partial charge on any atom is -0.497 e. The van der Waals surface area contributed by atoms with Crippen molar-refractivity contribution in [3.63, 3.8) is 0 Å². The number of nitrogens with one attached hydrogen (secondary N) is 1. The van der Waals surface area contributed by atoms with Crippen molar-refractivity contribution in [2.75, 3.05) is 37.5 Å². The van der Waals surface area contributed by atoms with E-state index in [2.05, 4.69) is 5.32 Å². The molecule has 0 atom stereocenters. The lowest BCUT2D eigenvalue weighted by molar-refractivity contribution is -0.384. The van der Waals surface area contributed by atoms with E-state index in [4.69, 9.17) is 14.2 Å². The molecule has 1 N–H and O–H groups in total. The van der Waals surface area contributed by atoms with Crippen LogP contribution in [0.5, 0.6) is 17.2 Å². The number of carbonyl (C=O) groups excluding carboxylic acids is 1. The molecule has 0 saturated heterocycles. The number of methoxy groups -OCH3 is 3. The van der Waals surface area contributed by atoms with Gasteiger partial charge in [-0.25, -0.2) is 8.42 Å².